The van der Waals surface area contributed by atoms with Crippen molar-refractivity contribution < 1.29 is 13.2 Å². The average molecular weight is 458 g/mol. The van der Waals surface area contributed by atoms with Gasteiger partial charge in [0.05, 0.1) is 15.1 Å². The number of benzene rings is 2. The number of carbonyl (C=O) groups is 1. The molecule has 0 spiro atoms. The van der Waals surface area contributed by atoms with Crippen molar-refractivity contribution >= 4 is 42.6 Å². The summed E-state index contributed by atoms with van der Waals surface area (Å²) in [6.45, 7) is 9.27. The lowest BCUT2D eigenvalue weighted by molar-refractivity contribution is 0.102. The minimum absolute atomic E-state index is 0.219. The van der Waals surface area contributed by atoms with Gasteiger partial charge in [-0.25, -0.2) is 13.4 Å². The third-order valence-corrected chi connectivity index (χ3v) is 8.60. The highest BCUT2D eigenvalue weighted by molar-refractivity contribution is 7.89. The maximum Gasteiger partial charge on any atom is 0.257 e. The number of fused-ring (bicyclic) bond motifs is 1. The van der Waals surface area contributed by atoms with E-state index in [1.54, 1.807) is 16.4 Å². The van der Waals surface area contributed by atoms with E-state index in [0.717, 1.165) is 27.8 Å². The first-order valence-electron chi connectivity index (χ1n) is 10.4. The molecule has 1 saturated heterocycles. The Morgan fingerprint density at radius 2 is 1.74 bits per heavy atom. The van der Waals surface area contributed by atoms with Crippen LogP contribution < -0.4 is 5.32 Å². The average Bonchev–Trinajstić information content (AvgIpc) is 3.10. The van der Waals surface area contributed by atoms with Gasteiger partial charge < -0.3 is 0 Å². The molecule has 4 rings (SSSR count). The molecule has 1 aliphatic rings. The van der Waals surface area contributed by atoms with Crippen molar-refractivity contribution in [1.29, 1.82) is 0 Å². The fourth-order valence-corrected chi connectivity index (χ4v) is 6.92. The fourth-order valence-electron chi connectivity index (χ4n) is 4.33. The minimum Gasteiger partial charge on any atom is -0.298 e. The second-order valence-corrected chi connectivity index (χ2v) is 11.6. The molecule has 0 unspecified atom stereocenters. The second-order valence-electron chi connectivity index (χ2n) is 8.70. The SMILES string of the molecule is Cc1cc(C)c2sc(NC(=O)c3ccc(S(=O)(=O)N4C[C@H](C)C[C@@H](C)C4)cc3)nc2c1. The summed E-state index contributed by atoms with van der Waals surface area (Å²) in [7, 11) is -3.56. The van der Waals surface area contributed by atoms with Gasteiger partial charge in [0.2, 0.25) is 10.0 Å². The summed E-state index contributed by atoms with van der Waals surface area (Å²) in [5, 5.41) is 3.37. The van der Waals surface area contributed by atoms with Crippen LogP contribution in [0.15, 0.2) is 41.3 Å². The van der Waals surface area contributed by atoms with Gasteiger partial charge in [0, 0.05) is 18.7 Å². The maximum absolute atomic E-state index is 13.0. The number of hydrogen-bond donors (Lipinski definition) is 1. The molecule has 8 heteroatoms. The van der Waals surface area contributed by atoms with Crippen molar-refractivity contribution in [3.8, 4) is 0 Å². The zero-order valence-corrected chi connectivity index (χ0v) is 19.8. The van der Waals surface area contributed by atoms with E-state index in [2.05, 4.69) is 30.2 Å². The number of nitrogens with one attached hydrogen (secondary N) is 1. The first-order chi connectivity index (χ1) is 14.6. The molecule has 164 valence electrons. The lowest BCUT2D eigenvalue weighted by Crippen LogP contribution is -2.42. The van der Waals surface area contributed by atoms with Gasteiger partial charge in [-0.3, -0.25) is 10.1 Å². The number of amides is 1. The molecule has 0 bridgehead atoms. The Balaban J connectivity index is 1.51. The molecule has 0 aliphatic carbocycles. The van der Waals surface area contributed by atoms with Crippen LogP contribution in [-0.4, -0.2) is 36.7 Å². The molecule has 0 saturated carbocycles. The molecule has 2 aromatic carbocycles. The molecule has 1 N–H and O–H groups in total. The predicted molar refractivity (Wildman–Crippen MR) is 125 cm³/mol. The summed E-state index contributed by atoms with van der Waals surface area (Å²) in [6.07, 6.45) is 1.04. The van der Waals surface area contributed by atoms with Gasteiger partial charge in [0.25, 0.3) is 5.91 Å². The Kier molecular flexibility index (Phi) is 5.89. The summed E-state index contributed by atoms with van der Waals surface area (Å²) in [5.41, 5.74) is 3.52. The lowest BCUT2D eigenvalue weighted by Gasteiger charge is -2.34. The minimum atomic E-state index is -3.56. The summed E-state index contributed by atoms with van der Waals surface area (Å²) < 4.78 is 28.7. The number of thiazole rings is 1. The molecule has 1 aromatic heterocycles. The lowest BCUT2D eigenvalue weighted by atomic mass is 9.94. The smallest absolute Gasteiger partial charge is 0.257 e. The van der Waals surface area contributed by atoms with E-state index < -0.39 is 10.0 Å². The zero-order chi connectivity index (χ0) is 22.3. The summed E-state index contributed by atoms with van der Waals surface area (Å²) in [4.78, 5) is 17.4. The van der Waals surface area contributed by atoms with Gasteiger partial charge in [0.15, 0.2) is 5.13 Å². The van der Waals surface area contributed by atoms with Gasteiger partial charge in [-0.15, -0.1) is 0 Å². The highest BCUT2D eigenvalue weighted by Crippen LogP contribution is 2.30. The van der Waals surface area contributed by atoms with Crippen molar-refractivity contribution in [2.24, 2.45) is 11.8 Å². The van der Waals surface area contributed by atoms with Crippen LogP contribution in [-0.2, 0) is 10.0 Å². The molecular weight excluding hydrogens is 430 g/mol. The van der Waals surface area contributed by atoms with Crippen LogP contribution in [0, 0.1) is 25.7 Å². The summed E-state index contributed by atoms with van der Waals surface area (Å²) in [5.74, 6) is 0.368. The Hall–Kier alpha value is -2.29. The monoisotopic (exact) mass is 457 g/mol. The van der Waals surface area contributed by atoms with Crippen molar-refractivity contribution in [2.45, 2.75) is 39.0 Å². The zero-order valence-electron chi connectivity index (χ0n) is 18.2. The molecule has 0 radical (unpaired) electrons. The molecular formula is C23H27N3O3S2. The van der Waals surface area contributed by atoms with E-state index >= 15 is 0 Å². The van der Waals surface area contributed by atoms with Crippen molar-refractivity contribution in [3.05, 3.63) is 53.1 Å². The number of carbonyl (C=O) groups excluding carboxylic acids is 1. The predicted octanol–water partition coefficient (Wildman–Crippen LogP) is 4.83. The molecule has 6 nitrogen and oxygen atoms in total. The molecule has 31 heavy (non-hydrogen) atoms. The van der Waals surface area contributed by atoms with Gasteiger partial charge in [-0.05, 0) is 73.6 Å². The van der Waals surface area contributed by atoms with Crippen LogP contribution in [0.3, 0.4) is 0 Å². The van der Waals surface area contributed by atoms with Crippen LogP contribution in [0.1, 0.15) is 41.8 Å². The number of anilines is 1. The van der Waals surface area contributed by atoms with Gasteiger partial charge >= 0.3 is 0 Å². The van der Waals surface area contributed by atoms with Gasteiger partial charge in [-0.2, -0.15) is 4.31 Å². The number of nitrogens with zero attached hydrogens (tertiary/aromatic N) is 2. The number of aromatic nitrogens is 1. The first-order valence-corrected chi connectivity index (χ1v) is 12.7. The third-order valence-electron chi connectivity index (χ3n) is 5.63. The first kappa shape index (κ1) is 21.9. The highest BCUT2D eigenvalue weighted by atomic mass is 32.2. The van der Waals surface area contributed by atoms with E-state index in [1.165, 1.54) is 23.5 Å². The van der Waals surface area contributed by atoms with E-state index in [4.69, 9.17) is 0 Å². The normalized spacial score (nSPS) is 20.1. The van der Waals surface area contributed by atoms with Crippen LogP contribution >= 0.6 is 11.3 Å². The maximum atomic E-state index is 13.0. The fraction of sp³-hybridized carbons (Fsp3) is 0.391. The summed E-state index contributed by atoms with van der Waals surface area (Å²) in [6, 6.07) is 10.2. The molecule has 1 fully saturated rings. The Labute approximate surface area is 187 Å². The van der Waals surface area contributed by atoms with Crippen LogP contribution in [0.4, 0.5) is 5.13 Å². The van der Waals surface area contributed by atoms with Gasteiger partial charge in [0.1, 0.15) is 0 Å². The molecule has 2 heterocycles. The summed E-state index contributed by atoms with van der Waals surface area (Å²) >= 11 is 1.44. The molecule has 2 atom stereocenters. The van der Waals surface area contributed by atoms with Gasteiger partial charge in [-0.1, -0.05) is 31.3 Å². The highest BCUT2D eigenvalue weighted by Gasteiger charge is 2.31. The molecule has 1 aliphatic heterocycles. The number of piperidine rings is 1. The molecule has 3 aromatic rings. The van der Waals surface area contributed by atoms with E-state index in [9.17, 15) is 13.2 Å². The number of sulfonamides is 1. The van der Waals surface area contributed by atoms with Crippen LogP contribution in [0.5, 0.6) is 0 Å². The van der Waals surface area contributed by atoms with Crippen molar-refractivity contribution in [1.82, 2.24) is 9.29 Å². The third kappa shape index (κ3) is 4.51. The van der Waals surface area contributed by atoms with E-state index in [1.807, 2.05) is 19.9 Å². The standard InChI is InChI=1S/C23H27N3O3S2/c1-14-10-17(4)21-20(11-14)24-23(30-21)25-22(27)18-5-7-19(8-6-18)31(28,29)26-12-15(2)9-16(3)13-26/h5-8,10-11,15-16H,9,12-13H2,1-4H3,(H,24,25,27)/t15-,16-/m1/s1. The van der Waals surface area contributed by atoms with Crippen LogP contribution in [0.2, 0.25) is 0 Å². The molecule has 1 amide bonds. The quantitative estimate of drug-likeness (QED) is 0.608. The van der Waals surface area contributed by atoms with E-state index in [-0.39, 0.29) is 10.8 Å². The Bertz CT molecular complexity index is 1220. The number of rotatable bonds is 4. The van der Waals surface area contributed by atoms with Crippen LogP contribution in [0.25, 0.3) is 10.2 Å². The number of hydrogen-bond acceptors (Lipinski definition) is 5. The second kappa shape index (κ2) is 8.33. The van der Waals surface area contributed by atoms with Crippen molar-refractivity contribution in [2.75, 3.05) is 18.4 Å². The largest absolute Gasteiger partial charge is 0.298 e. The van der Waals surface area contributed by atoms with E-state index in [0.29, 0.717) is 35.6 Å². The van der Waals surface area contributed by atoms with Crippen molar-refractivity contribution in [3.63, 3.8) is 0 Å². The Morgan fingerprint density at radius 1 is 1.10 bits per heavy atom. The Morgan fingerprint density at radius 3 is 2.39 bits per heavy atom. The topological polar surface area (TPSA) is 79.4 Å². The number of aryl methyl sites for hydroxylation is 2.